The van der Waals surface area contributed by atoms with Gasteiger partial charge in [-0.3, -0.25) is 14.9 Å². The minimum absolute atomic E-state index is 0.0907. The number of anilines is 1. The van der Waals surface area contributed by atoms with Gasteiger partial charge in [0.1, 0.15) is 5.52 Å². The normalized spacial score (nSPS) is 10.6. The summed E-state index contributed by atoms with van der Waals surface area (Å²) < 4.78 is 5.72. The molecule has 0 aliphatic heterocycles. The molecule has 0 aliphatic rings. The highest BCUT2D eigenvalue weighted by atomic mass is 35.5. The van der Waals surface area contributed by atoms with Crippen LogP contribution in [0.5, 0.6) is 5.75 Å². The summed E-state index contributed by atoms with van der Waals surface area (Å²) in [6, 6.07) is 9.68. The lowest BCUT2D eigenvalue weighted by atomic mass is 10.1. The summed E-state index contributed by atoms with van der Waals surface area (Å²) in [7, 11) is 1.41. The highest BCUT2D eigenvalue weighted by Gasteiger charge is 2.17. The van der Waals surface area contributed by atoms with Crippen molar-refractivity contribution in [2.75, 3.05) is 12.4 Å². The highest BCUT2D eigenvalue weighted by Crippen LogP contribution is 2.36. The van der Waals surface area contributed by atoms with Gasteiger partial charge in [0.25, 0.3) is 5.69 Å². The van der Waals surface area contributed by atoms with Gasteiger partial charge in [0.05, 0.1) is 29.2 Å². The van der Waals surface area contributed by atoms with Gasteiger partial charge in [0.15, 0.2) is 10.9 Å². The number of nitrogens with zero attached hydrogens (tertiary/aromatic N) is 2. The van der Waals surface area contributed by atoms with Gasteiger partial charge in [0.2, 0.25) is 5.91 Å². The maximum absolute atomic E-state index is 12.2. The van der Waals surface area contributed by atoms with E-state index in [-0.39, 0.29) is 18.0 Å². The number of halogens is 1. The molecule has 25 heavy (non-hydrogen) atoms. The second kappa shape index (κ2) is 7.04. The molecule has 9 heteroatoms. The van der Waals surface area contributed by atoms with E-state index in [2.05, 4.69) is 10.3 Å². The zero-order valence-electron chi connectivity index (χ0n) is 13.0. The molecule has 3 rings (SSSR count). The van der Waals surface area contributed by atoms with Gasteiger partial charge in [-0.05, 0) is 17.7 Å². The summed E-state index contributed by atoms with van der Waals surface area (Å²) in [6.45, 7) is 0. The number of nitrogens with one attached hydrogen (secondary N) is 1. The molecule has 1 N–H and O–H groups in total. The van der Waals surface area contributed by atoms with Crippen LogP contribution in [-0.2, 0) is 11.2 Å². The number of benzene rings is 2. The van der Waals surface area contributed by atoms with Gasteiger partial charge in [-0.15, -0.1) is 0 Å². The van der Waals surface area contributed by atoms with Crippen molar-refractivity contribution >= 4 is 49.9 Å². The lowest BCUT2D eigenvalue weighted by molar-refractivity contribution is -0.384. The molecule has 128 valence electrons. The average Bonchev–Trinajstić information content (AvgIpc) is 2.98. The molecule has 0 bridgehead atoms. The van der Waals surface area contributed by atoms with Crippen LogP contribution in [0, 0.1) is 10.1 Å². The van der Waals surface area contributed by atoms with Crippen LogP contribution in [-0.4, -0.2) is 22.9 Å². The lowest BCUT2D eigenvalue weighted by Crippen LogP contribution is -2.14. The van der Waals surface area contributed by atoms with Crippen molar-refractivity contribution < 1.29 is 14.5 Å². The molecule has 2 aromatic carbocycles. The molecule has 0 saturated heterocycles. The van der Waals surface area contributed by atoms with Crippen molar-refractivity contribution in [3.63, 3.8) is 0 Å². The van der Waals surface area contributed by atoms with E-state index in [1.165, 1.54) is 19.2 Å². The van der Waals surface area contributed by atoms with Crippen LogP contribution in [0.15, 0.2) is 36.4 Å². The molecule has 3 aromatic rings. The largest absolute Gasteiger partial charge is 0.494 e. The number of hydrogen-bond acceptors (Lipinski definition) is 6. The van der Waals surface area contributed by atoms with Crippen molar-refractivity contribution in [3.8, 4) is 5.75 Å². The SMILES string of the molecule is COc1cc([N+](=O)[O-])cc2sc(NC(=O)Cc3ccc(Cl)cc3)nc12. The first-order chi connectivity index (χ1) is 12.0. The molecule has 0 unspecified atom stereocenters. The topological polar surface area (TPSA) is 94.4 Å². The Bertz CT molecular complexity index is 956. The lowest BCUT2D eigenvalue weighted by Gasteiger charge is -2.02. The molecule has 1 heterocycles. The minimum atomic E-state index is -0.500. The Balaban J connectivity index is 1.82. The Labute approximate surface area is 151 Å². The molecule has 1 amide bonds. The smallest absolute Gasteiger partial charge is 0.274 e. The Morgan fingerprint density at radius 2 is 2.08 bits per heavy atom. The van der Waals surface area contributed by atoms with E-state index in [9.17, 15) is 14.9 Å². The van der Waals surface area contributed by atoms with Crippen LogP contribution in [0.1, 0.15) is 5.56 Å². The Morgan fingerprint density at radius 3 is 2.72 bits per heavy atom. The number of aromatic nitrogens is 1. The fourth-order valence-electron chi connectivity index (χ4n) is 2.25. The zero-order chi connectivity index (χ0) is 18.0. The van der Waals surface area contributed by atoms with Crippen molar-refractivity contribution in [3.05, 3.63) is 57.1 Å². The molecule has 7 nitrogen and oxygen atoms in total. The van der Waals surface area contributed by atoms with Crippen LogP contribution in [0.25, 0.3) is 10.2 Å². The summed E-state index contributed by atoms with van der Waals surface area (Å²) in [6.07, 6.45) is 0.171. The maximum Gasteiger partial charge on any atom is 0.274 e. The third-order valence-electron chi connectivity index (χ3n) is 3.40. The third-order valence-corrected chi connectivity index (χ3v) is 4.57. The van der Waals surface area contributed by atoms with Gasteiger partial charge in [-0.1, -0.05) is 35.1 Å². The number of thiazole rings is 1. The number of ether oxygens (including phenoxy) is 1. The number of methoxy groups -OCH3 is 1. The first kappa shape index (κ1) is 17.1. The van der Waals surface area contributed by atoms with E-state index in [0.717, 1.165) is 16.9 Å². The molecule has 0 radical (unpaired) electrons. The molecule has 0 fully saturated rings. The predicted octanol–water partition coefficient (Wildman–Crippen LogP) is 4.05. The van der Waals surface area contributed by atoms with Crippen LogP contribution >= 0.6 is 22.9 Å². The number of rotatable bonds is 5. The number of hydrogen-bond donors (Lipinski definition) is 1. The van der Waals surface area contributed by atoms with Gasteiger partial charge >= 0.3 is 0 Å². The Morgan fingerprint density at radius 1 is 1.36 bits per heavy atom. The minimum Gasteiger partial charge on any atom is -0.494 e. The fourth-order valence-corrected chi connectivity index (χ4v) is 3.31. The second-order valence-corrected chi connectivity index (χ2v) is 6.59. The number of nitro benzene ring substituents is 1. The average molecular weight is 378 g/mol. The van der Waals surface area contributed by atoms with E-state index in [1.54, 1.807) is 24.3 Å². The zero-order valence-corrected chi connectivity index (χ0v) is 14.6. The molecule has 0 spiro atoms. The number of carbonyl (C=O) groups excluding carboxylic acids is 1. The van der Waals surface area contributed by atoms with Crippen LogP contribution in [0.3, 0.4) is 0 Å². The number of nitro groups is 1. The van der Waals surface area contributed by atoms with Gasteiger partial charge < -0.3 is 10.1 Å². The summed E-state index contributed by atoms with van der Waals surface area (Å²) in [5.41, 5.74) is 1.20. The Kier molecular flexibility index (Phi) is 4.82. The van der Waals surface area contributed by atoms with Gasteiger partial charge in [-0.25, -0.2) is 4.98 Å². The highest BCUT2D eigenvalue weighted by molar-refractivity contribution is 7.22. The molecule has 0 atom stereocenters. The molecular formula is C16H12ClN3O4S. The van der Waals surface area contributed by atoms with Crippen molar-refractivity contribution in [1.29, 1.82) is 0 Å². The summed E-state index contributed by atoms with van der Waals surface area (Å²) >= 11 is 6.97. The monoisotopic (exact) mass is 377 g/mol. The number of fused-ring (bicyclic) bond motifs is 1. The standard InChI is InChI=1S/C16H12ClN3O4S/c1-24-12-7-11(20(22)23)8-13-15(12)19-16(25-13)18-14(21)6-9-2-4-10(17)5-3-9/h2-5,7-8H,6H2,1H3,(H,18,19,21). The fraction of sp³-hybridized carbons (Fsp3) is 0.125. The van der Waals surface area contributed by atoms with E-state index in [1.807, 2.05) is 0 Å². The quantitative estimate of drug-likeness (QED) is 0.534. The number of amides is 1. The number of non-ortho nitro benzene ring substituents is 1. The first-order valence-electron chi connectivity index (χ1n) is 7.13. The van der Waals surface area contributed by atoms with E-state index in [4.69, 9.17) is 16.3 Å². The summed E-state index contributed by atoms with van der Waals surface area (Å²) in [5.74, 6) is 0.0495. The molecular weight excluding hydrogens is 366 g/mol. The predicted molar refractivity (Wildman–Crippen MR) is 96.6 cm³/mol. The molecule has 0 aliphatic carbocycles. The molecule has 1 aromatic heterocycles. The van der Waals surface area contributed by atoms with Gasteiger partial charge in [-0.2, -0.15) is 0 Å². The third kappa shape index (κ3) is 3.86. The van der Waals surface area contributed by atoms with E-state index in [0.29, 0.717) is 26.1 Å². The first-order valence-corrected chi connectivity index (χ1v) is 8.33. The molecule has 0 saturated carbocycles. The van der Waals surface area contributed by atoms with Crippen LogP contribution in [0.2, 0.25) is 5.02 Å². The van der Waals surface area contributed by atoms with Crippen molar-refractivity contribution in [1.82, 2.24) is 4.98 Å². The Hall–Kier alpha value is -2.71. The maximum atomic E-state index is 12.2. The van der Waals surface area contributed by atoms with Crippen molar-refractivity contribution in [2.24, 2.45) is 0 Å². The van der Waals surface area contributed by atoms with Crippen LogP contribution < -0.4 is 10.1 Å². The number of carbonyl (C=O) groups is 1. The summed E-state index contributed by atoms with van der Waals surface area (Å²) in [5, 5.41) is 14.6. The van der Waals surface area contributed by atoms with Crippen LogP contribution in [0.4, 0.5) is 10.8 Å². The second-order valence-electron chi connectivity index (χ2n) is 5.12. The summed E-state index contributed by atoms with van der Waals surface area (Å²) in [4.78, 5) is 26.9. The van der Waals surface area contributed by atoms with E-state index < -0.39 is 4.92 Å². The van der Waals surface area contributed by atoms with Gasteiger partial charge in [0, 0.05) is 11.1 Å². The van der Waals surface area contributed by atoms with Crippen molar-refractivity contribution in [2.45, 2.75) is 6.42 Å². The van der Waals surface area contributed by atoms with E-state index >= 15 is 0 Å².